The summed E-state index contributed by atoms with van der Waals surface area (Å²) in [6, 6.07) is 0.510. The highest BCUT2D eigenvalue weighted by Crippen LogP contribution is 2.29. The first-order valence-corrected chi connectivity index (χ1v) is 8.24. The maximum Gasteiger partial charge on any atom is 0.0501 e. The van der Waals surface area contributed by atoms with Crippen LogP contribution in [0.5, 0.6) is 0 Å². The van der Waals surface area contributed by atoms with Gasteiger partial charge in [-0.3, -0.25) is 4.21 Å². The van der Waals surface area contributed by atoms with Crippen molar-refractivity contribution in [1.82, 2.24) is 5.32 Å². The minimum atomic E-state index is -0.589. The predicted octanol–water partition coefficient (Wildman–Crippen LogP) is 2.46. The normalized spacial score (nSPS) is 34.1. The average Bonchev–Trinajstić information content (AvgIpc) is 2.81. The van der Waals surface area contributed by atoms with Gasteiger partial charge in [0.2, 0.25) is 0 Å². The largest absolute Gasteiger partial charge is 0.316 e. The van der Waals surface area contributed by atoms with E-state index in [1.54, 1.807) is 0 Å². The summed E-state index contributed by atoms with van der Waals surface area (Å²) in [6.45, 7) is 0. The molecule has 0 heterocycles. The van der Waals surface area contributed by atoms with E-state index in [1.165, 1.54) is 51.4 Å². The summed E-state index contributed by atoms with van der Waals surface area (Å²) in [6.07, 6.45) is 10.3. The molecule has 0 aromatic heterocycles. The molecule has 2 fully saturated rings. The van der Waals surface area contributed by atoms with Gasteiger partial charge in [-0.05, 0) is 38.6 Å². The van der Waals surface area contributed by atoms with E-state index in [1.807, 2.05) is 7.05 Å². The summed E-state index contributed by atoms with van der Waals surface area (Å²) >= 11 is 0. The van der Waals surface area contributed by atoms with Gasteiger partial charge >= 0.3 is 0 Å². The first kappa shape index (κ1) is 12.6. The number of rotatable bonds is 4. The minimum absolute atomic E-state index is 0.430. The molecule has 0 aliphatic heterocycles. The first-order valence-electron chi connectivity index (χ1n) is 6.85. The lowest BCUT2D eigenvalue weighted by atomic mass is 9.95. The lowest BCUT2D eigenvalue weighted by Crippen LogP contribution is -2.43. The fraction of sp³-hybridized carbons (Fsp3) is 1.00. The Labute approximate surface area is 102 Å². The van der Waals surface area contributed by atoms with E-state index in [2.05, 4.69) is 5.32 Å². The summed E-state index contributed by atoms with van der Waals surface area (Å²) in [5.74, 6) is 1.74. The van der Waals surface area contributed by atoms with Crippen molar-refractivity contribution in [2.24, 2.45) is 5.92 Å². The summed E-state index contributed by atoms with van der Waals surface area (Å²) in [5.41, 5.74) is 0. The van der Waals surface area contributed by atoms with Gasteiger partial charge in [0, 0.05) is 22.6 Å². The monoisotopic (exact) mass is 243 g/mol. The molecule has 0 amide bonds. The van der Waals surface area contributed by atoms with Crippen LogP contribution in [0.15, 0.2) is 0 Å². The van der Waals surface area contributed by atoms with Crippen LogP contribution in [0.1, 0.15) is 51.4 Å². The number of hydrogen-bond donors (Lipinski definition) is 1. The fourth-order valence-electron chi connectivity index (χ4n) is 3.27. The SMILES string of the molecule is CNC1CCCCC1S(=O)CC1CCCC1. The molecular formula is C13H25NOS. The van der Waals surface area contributed by atoms with Gasteiger partial charge in [0.1, 0.15) is 0 Å². The lowest BCUT2D eigenvalue weighted by Gasteiger charge is -2.31. The number of hydrogen-bond acceptors (Lipinski definition) is 2. The van der Waals surface area contributed by atoms with E-state index >= 15 is 0 Å². The molecule has 2 aliphatic carbocycles. The molecule has 0 aromatic rings. The van der Waals surface area contributed by atoms with Crippen LogP contribution in [0.4, 0.5) is 0 Å². The quantitative estimate of drug-likeness (QED) is 0.822. The summed E-state index contributed by atoms with van der Waals surface area (Å²) in [4.78, 5) is 0. The maximum absolute atomic E-state index is 12.4. The third-order valence-electron chi connectivity index (χ3n) is 4.29. The molecule has 2 rings (SSSR count). The Bertz CT molecular complexity index is 238. The molecule has 3 atom stereocenters. The third-order valence-corrected chi connectivity index (χ3v) is 6.33. The summed E-state index contributed by atoms with van der Waals surface area (Å²) in [7, 11) is 1.43. The molecular weight excluding hydrogens is 218 g/mol. The van der Waals surface area contributed by atoms with E-state index in [9.17, 15) is 4.21 Å². The van der Waals surface area contributed by atoms with Gasteiger partial charge in [-0.25, -0.2) is 0 Å². The highest BCUT2D eigenvalue weighted by atomic mass is 32.2. The molecule has 0 aromatic carbocycles. The summed E-state index contributed by atoms with van der Waals surface area (Å²) < 4.78 is 12.4. The smallest absolute Gasteiger partial charge is 0.0501 e. The second kappa shape index (κ2) is 6.15. The Morgan fingerprint density at radius 2 is 1.69 bits per heavy atom. The van der Waals surface area contributed by atoms with Crippen molar-refractivity contribution in [3.05, 3.63) is 0 Å². The van der Waals surface area contributed by atoms with Crippen LogP contribution in [0.25, 0.3) is 0 Å². The third kappa shape index (κ3) is 3.07. The van der Waals surface area contributed by atoms with Crippen molar-refractivity contribution in [3.8, 4) is 0 Å². The second-order valence-electron chi connectivity index (χ2n) is 5.42. The van der Waals surface area contributed by atoms with Gasteiger partial charge in [-0.15, -0.1) is 0 Å². The zero-order chi connectivity index (χ0) is 11.4. The van der Waals surface area contributed by atoms with E-state index in [0.717, 1.165) is 11.7 Å². The summed E-state index contributed by atoms with van der Waals surface area (Å²) in [5, 5.41) is 3.80. The fourth-order valence-corrected chi connectivity index (χ4v) is 5.39. The van der Waals surface area contributed by atoms with Gasteiger partial charge in [0.05, 0.1) is 5.25 Å². The molecule has 0 spiro atoms. The molecule has 16 heavy (non-hydrogen) atoms. The molecule has 0 radical (unpaired) electrons. The maximum atomic E-state index is 12.4. The predicted molar refractivity (Wildman–Crippen MR) is 70.1 cm³/mol. The van der Waals surface area contributed by atoms with Crippen molar-refractivity contribution < 1.29 is 4.21 Å². The zero-order valence-corrected chi connectivity index (χ0v) is 11.2. The molecule has 0 bridgehead atoms. The Balaban J connectivity index is 1.86. The second-order valence-corrected chi connectivity index (χ2v) is 7.12. The van der Waals surface area contributed by atoms with Crippen LogP contribution in [-0.4, -0.2) is 28.3 Å². The highest BCUT2D eigenvalue weighted by Gasteiger charge is 2.30. The molecule has 3 heteroatoms. The van der Waals surface area contributed by atoms with Crippen LogP contribution < -0.4 is 5.32 Å². The number of nitrogens with one attached hydrogen (secondary N) is 1. The van der Waals surface area contributed by atoms with Crippen LogP contribution in [0.2, 0.25) is 0 Å². The minimum Gasteiger partial charge on any atom is -0.316 e. The van der Waals surface area contributed by atoms with Crippen molar-refractivity contribution in [3.63, 3.8) is 0 Å². The Hall–Kier alpha value is 0.110. The topological polar surface area (TPSA) is 29.1 Å². The van der Waals surface area contributed by atoms with Gasteiger partial charge in [0.15, 0.2) is 0 Å². The van der Waals surface area contributed by atoms with E-state index in [4.69, 9.17) is 0 Å². The molecule has 2 aliphatic rings. The molecule has 1 N–H and O–H groups in total. The van der Waals surface area contributed by atoms with Crippen LogP contribution >= 0.6 is 0 Å². The Kier molecular flexibility index (Phi) is 4.83. The standard InChI is InChI=1S/C13H25NOS/c1-14-12-8-4-5-9-13(12)16(15)10-11-6-2-3-7-11/h11-14H,2-10H2,1H3. The zero-order valence-electron chi connectivity index (χ0n) is 10.4. The van der Waals surface area contributed by atoms with E-state index in [-0.39, 0.29) is 0 Å². The highest BCUT2D eigenvalue weighted by molar-refractivity contribution is 7.85. The molecule has 2 saturated carbocycles. The van der Waals surface area contributed by atoms with Gasteiger partial charge in [-0.1, -0.05) is 25.7 Å². The first-order chi connectivity index (χ1) is 7.81. The molecule has 2 nitrogen and oxygen atoms in total. The van der Waals surface area contributed by atoms with Crippen LogP contribution in [0, 0.1) is 5.92 Å². The van der Waals surface area contributed by atoms with Crippen molar-refractivity contribution in [1.29, 1.82) is 0 Å². The van der Waals surface area contributed by atoms with Crippen molar-refractivity contribution in [2.45, 2.75) is 62.7 Å². The molecule has 0 saturated heterocycles. The Morgan fingerprint density at radius 3 is 2.38 bits per heavy atom. The Morgan fingerprint density at radius 1 is 1.06 bits per heavy atom. The van der Waals surface area contributed by atoms with Gasteiger partial charge in [0.25, 0.3) is 0 Å². The molecule has 3 unspecified atom stereocenters. The molecule has 94 valence electrons. The van der Waals surface area contributed by atoms with Gasteiger partial charge < -0.3 is 5.32 Å². The average molecular weight is 243 g/mol. The van der Waals surface area contributed by atoms with Crippen molar-refractivity contribution in [2.75, 3.05) is 12.8 Å². The van der Waals surface area contributed by atoms with Crippen LogP contribution in [-0.2, 0) is 10.8 Å². The van der Waals surface area contributed by atoms with E-state index in [0.29, 0.717) is 11.3 Å². The van der Waals surface area contributed by atoms with E-state index < -0.39 is 10.8 Å². The van der Waals surface area contributed by atoms with Crippen LogP contribution in [0.3, 0.4) is 0 Å². The van der Waals surface area contributed by atoms with Gasteiger partial charge in [-0.2, -0.15) is 0 Å². The van der Waals surface area contributed by atoms with Crippen molar-refractivity contribution >= 4 is 10.8 Å². The lowest BCUT2D eigenvalue weighted by molar-refractivity contribution is 0.398.